The molecule has 1 aliphatic rings. The van der Waals surface area contributed by atoms with E-state index in [1.165, 1.54) is 18.5 Å². The van der Waals surface area contributed by atoms with Crippen LogP contribution in [0.2, 0.25) is 0 Å². The summed E-state index contributed by atoms with van der Waals surface area (Å²) in [6.07, 6.45) is 0.947. The minimum absolute atomic E-state index is 0.107. The maximum atomic E-state index is 13.1. The van der Waals surface area contributed by atoms with Crippen molar-refractivity contribution in [1.82, 2.24) is 4.98 Å². The molecule has 0 atom stereocenters. The van der Waals surface area contributed by atoms with Crippen LogP contribution in [0.25, 0.3) is 11.3 Å². The van der Waals surface area contributed by atoms with E-state index in [9.17, 15) is 13.2 Å². The van der Waals surface area contributed by atoms with Gasteiger partial charge in [0.25, 0.3) is 0 Å². The first-order chi connectivity index (χ1) is 9.57. The molecule has 1 aliphatic carbocycles. The van der Waals surface area contributed by atoms with Crippen LogP contribution in [0.15, 0.2) is 35.1 Å². The summed E-state index contributed by atoms with van der Waals surface area (Å²) in [5.41, 5.74) is -0.214. The normalized spacial score (nSPS) is 16.8. The van der Waals surface area contributed by atoms with Gasteiger partial charge in [-0.25, -0.2) is 4.98 Å². The monoisotopic (exact) mass is 281 g/mol. The van der Waals surface area contributed by atoms with Crippen LogP contribution < -0.4 is 0 Å². The molecule has 20 heavy (non-hydrogen) atoms. The Bertz CT molecular complexity index is 597. The van der Waals surface area contributed by atoms with Crippen LogP contribution >= 0.6 is 0 Å². The van der Waals surface area contributed by atoms with E-state index in [1.807, 2.05) is 0 Å². The average molecular weight is 281 g/mol. The Morgan fingerprint density at radius 3 is 2.50 bits per heavy atom. The number of aromatic nitrogens is 1. The predicted octanol–water partition coefficient (Wildman–Crippen LogP) is 5.02. The van der Waals surface area contributed by atoms with Crippen molar-refractivity contribution in [3.05, 3.63) is 42.0 Å². The van der Waals surface area contributed by atoms with Crippen molar-refractivity contribution in [2.45, 2.75) is 37.8 Å². The Balaban J connectivity index is 2.08. The molecule has 1 heterocycles. The molecular formula is C15H14F3NO. The molecule has 1 fully saturated rings. The number of halogens is 3. The summed E-state index contributed by atoms with van der Waals surface area (Å²) < 4.78 is 44.7. The van der Waals surface area contributed by atoms with E-state index in [0.29, 0.717) is 11.5 Å². The minimum atomic E-state index is -4.39. The van der Waals surface area contributed by atoms with Gasteiger partial charge in [0.1, 0.15) is 11.5 Å². The fourth-order valence-electron chi connectivity index (χ4n) is 2.87. The van der Waals surface area contributed by atoms with Crippen molar-refractivity contribution in [2.75, 3.05) is 0 Å². The van der Waals surface area contributed by atoms with Gasteiger partial charge in [0.2, 0.25) is 0 Å². The first-order valence-corrected chi connectivity index (χ1v) is 6.67. The summed E-state index contributed by atoms with van der Waals surface area (Å²) in [7, 11) is 0. The highest BCUT2D eigenvalue weighted by Crippen LogP contribution is 2.42. The lowest BCUT2D eigenvalue weighted by Crippen LogP contribution is -2.07. The van der Waals surface area contributed by atoms with E-state index in [4.69, 9.17) is 4.42 Å². The summed E-state index contributed by atoms with van der Waals surface area (Å²) >= 11 is 0. The number of benzene rings is 1. The molecule has 2 aromatic rings. The molecule has 0 N–H and O–H groups in total. The van der Waals surface area contributed by atoms with Crippen LogP contribution in [-0.4, -0.2) is 4.98 Å². The van der Waals surface area contributed by atoms with Gasteiger partial charge >= 0.3 is 6.18 Å². The Kier molecular flexibility index (Phi) is 3.28. The second-order valence-electron chi connectivity index (χ2n) is 5.09. The van der Waals surface area contributed by atoms with Gasteiger partial charge < -0.3 is 4.42 Å². The van der Waals surface area contributed by atoms with Crippen LogP contribution in [0.5, 0.6) is 0 Å². The third-order valence-electron chi connectivity index (χ3n) is 3.81. The lowest BCUT2D eigenvalue weighted by atomic mass is 9.97. The molecule has 0 amide bonds. The van der Waals surface area contributed by atoms with Gasteiger partial charge in [-0.1, -0.05) is 31.0 Å². The molecule has 0 saturated heterocycles. The molecule has 1 aromatic carbocycles. The second-order valence-corrected chi connectivity index (χ2v) is 5.09. The highest BCUT2D eigenvalue weighted by molar-refractivity contribution is 5.66. The Labute approximate surface area is 114 Å². The quantitative estimate of drug-likeness (QED) is 0.772. The Morgan fingerprint density at radius 1 is 1.10 bits per heavy atom. The first kappa shape index (κ1) is 13.2. The first-order valence-electron chi connectivity index (χ1n) is 6.67. The van der Waals surface area contributed by atoms with Gasteiger partial charge in [0, 0.05) is 11.5 Å². The highest BCUT2D eigenvalue weighted by atomic mass is 19.4. The average Bonchev–Trinajstić information content (AvgIpc) is 3.08. The number of hydrogen-bond donors (Lipinski definition) is 0. The minimum Gasteiger partial charge on any atom is -0.448 e. The van der Waals surface area contributed by atoms with E-state index in [2.05, 4.69) is 4.98 Å². The van der Waals surface area contributed by atoms with Crippen molar-refractivity contribution in [1.29, 1.82) is 0 Å². The summed E-state index contributed by atoms with van der Waals surface area (Å²) in [5, 5.41) is 0. The van der Waals surface area contributed by atoms with Crippen LogP contribution in [0.1, 0.15) is 42.9 Å². The van der Waals surface area contributed by atoms with Crippen LogP contribution in [-0.2, 0) is 6.18 Å². The van der Waals surface area contributed by atoms with E-state index >= 15 is 0 Å². The topological polar surface area (TPSA) is 26.0 Å². The second kappa shape index (κ2) is 4.96. The number of nitrogens with zero attached hydrogens (tertiary/aromatic N) is 1. The van der Waals surface area contributed by atoms with Crippen molar-refractivity contribution >= 4 is 0 Å². The van der Waals surface area contributed by atoms with Gasteiger partial charge in [-0.05, 0) is 18.9 Å². The largest absolute Gasteiger partial charge is 0.448 e. The number of rotatable bonds is 2. The van der Waals surface area contributed by atoms with Crippen molar-refractivity contribution in [3.63, 3.8) is 0 Å². The molecule has 0 spiro atoms. The molecule has 1 aromatic heterocycles. The smallest absolute Gasteiger partial charge is 0.417 e. The van der Waals surface area contributed by atoms with Crippen LogP contribution in [0, 0.1) is 0 Å². The maximum Gasteiger partial charge on any atom is 0.417 e. The zero-order chi connectivity index (χ0) is 14.2. The molecular weight excluding hydrogens is 267 g/mol. The van der Waals surface area contributed by atoms with Crippen LogP contribution in [0.3, 0.4) is 0 Å². The lowest BCUT2D eigenvalue weighted by molar-refractivity contribution is -0.137. The summed E-state index contributed by atoms with van der Waals surface area (Å²) in [4.78, 5) is 4.04. The fourth-order valence-corrected chi connectivity index (χ4v) is 2.87. The lowest BCUT2D eigenvalue weighted by Gasteiger charge is -2.13. The zero-order valence-electron chi connectivity index (χ0n) is 10.8. The molecule has 0 bridgehead atoms. The zero-order valence-corrected chi connectivity index (χ0v) is 10.8. The summed E-state index contributed by atoms with van der Waals surface area (Å²) in [5.74, 6) is 0.785. The maximum absolute atomic E-state index is 13.1. The molecule has 106 valence electrons. The number of hydrogen-bond acceptors (Lipinski definition) is 2. The van der Waals surface area contributed by atoms with Gasteiger partial charge in [-0.2, -0.15) is 13.2 Å². The third-order valence-corrected chi connectivity index (χ3v) is 3.81. The number of oxazole rings is 1. The van der Waals surface area contributed by atoms with E-state index in [0.717, 1.165) is 31.7 Å². The molecule has 2 nitrogen and oxygen atoms in total. The summed E-state index contributed by atoms with van der Waals surface area (Å²) in [6.45, 7) is 0. The van der Waals surface area contributed by atoms with Gasteiger partial charge in [0.15, 0.2) is 6.39 Å². The Hall–Kier alpha value is -1.78. The molecule has 5 heteroatoms. The SMILES string of the molecule is FC(F)(F)c1ccccc1-c1ncoc1C1CCCC1. The van der Waals surface area contributed by atoms with E-state index in [1.54, 1.807) is 6.07 Å². The molecule has 1 saturated carbocycles. The van der Waals surface area contributed by atoms with Gasteiger partial charge in [0.05, 0.1) is 5.56 Å². The van der Waals surface area contributed by atoms with Crippen molar-refractivity contribution in [2.24, 2.45) is 0 Å². The fraction of sp³-hybridized carbons (Fsp3) is 0.400. The third kappa shape index (κ3) is 2.32. The predicted molar refractivity (Wildman–Crippen MR) is 68.2 cm³/mol. The molecule has 0 aliphatic heterocycles. The summed E-state index contributed by atoms with van der Waals surface area (Å²) in [6, 6.07) is 5.53. The standard InChI is InChI=1S/C15H14F3NO/c16-15(17,18)12-8-4-3-7-11(12)13-14(20-9-19-13)10-5-1-2-6-10/h3-4,7-10H,1-2,5-6H2. The van der Waals surface area contributed by atoms with Crippen molar-refractivity contribution in [3.8, 4) is 11.3 Å². The molecule has 0 radical (unpaired) electrons. The van der Waals surface area contributed by atoms with Crippen LogP contribution in [0.4, 0.5) is 13.2 Å². The molecule has 3 rings (SSSR count). The van der Waals surface area contributed by atoms with Gasteiger partial charge in [-0.3, -0.25) is 0 Å². The van der Waals surface area contributed by atoms with E-state index in [-0.39, 0.29) is 11.5 Å². The van der Waals surface area contributed by atoms with E-state index < -0.39 is 11.7 Å². The Morgan fingerprint density at radius 2 is 1.80 bits per heavy atom. The highest BCUT2D eigenvalue weighted by Gasteiger charge is 2.35. The van der Waals surface area contributed by atoms with Crippen molar-refractivity contribution < 1.29 is 17.6 Å². The molecule has 0 unspecified atom stereocenters. The number of alkyl halides is 3. The van der Waals surface area contributed by atoms with Gasteiger partial charge in [-0.15, -0.1) is 0 Å².